The zero-order valence-corrected chi connectivity index (χ0v) is 17.4. The molecule has 0 N–H and O–H groups in total. The number of carbonyl (C=O) groups is 1. The molecule has 3 rings (SSSR count). The maximum Gasteiger partial charge on any atom is 0.279 e. The molecule has 0 spiro atoms. The third-order valence-corrected chi connectivity index (χ3v) is 5.83. The van der Waals surface area contributed by atoms with Crippen molar-refractivity contribution in [2.24, 2.45) is 4.99 Å². The van der Waals surface area contributed by atoms with Crippen molar-refractivity contribution in [2.75, 3.05) is 13.2 Å². The number of hydrogen-bond acceptors (Lipinski definition) is 3. The second kappa shape index (κ2) is 8.19. The molecule has 4 nitrogen and oxygen atoms in total. The Balaban J connectivity index is 2.15. The number of rotatable bonds is 5. The summed E-state index contributed by atoms with van der Waals surface area (Å²) >= 11 is 1.57. The lowest BCUT2D eigenvalue weighted by Crippen LogP contribution is -2.20. The lowest BCUT2D eigenvalue weighted by Gasteiger charge is -2.07. The van der Waals surface area contributed by atoms with Crippen LogP contribution in [0.25, 0.3) is 10.2 Å². The van der Waals surface area contributed by atoms with Crippen LogP contribution in [0.3, 0.4) is 0 Å². The molecule has 1 heterocycles. The molecule has 1 amide bonds. The van der Waals surface area contributed by atoms with Gasteiger partial charge in [-0.3, -0.25) is 4.79 Å². The van der Waals surface area contributed by atoms with Gasteiger partial charge in [-0.05, 0) is 63.4 Å². The number of amides is 1. The number of benzene rings is 2. The van der Waals surface area contributed by atoms with Crippen molar-refractivity contribution in [2.45, 2.75) is 41.2 Å². The zero-order valence-electron chi connectivity index (χ0n) is 16.6. The second-order valence-corrected chi connectivity index (χ2v) is 7.88. The predicted molar refractivity (Wildman–Crippen MR) is 112 cm³/mol. The molecule has 0 fully saturated rings. The molecule has 5 heteroatoms. The van der Waals surface area contributed by atoms with Gasteiger partial charge < -0.3 is 9.30 Å². The normalized spacial score (nSPS) is 12.1. The van der Waals surface area contributed by atoms with Gasteiger partial charge in [0, 0.05) is 18.7 Å². The highest BCUT2D eigenvalue weighted by molar-refractivity contribution is 7.16. The quantitative estimate of drug-likeness (QED) is 0.600. The van der Waals surface area contributed by atoms with Crippen molar-refractivity contribution < 1.29 is 9.53 Å². The van der Waals surface area contributed by atoms with Gasteiger partial charge in [-0.15, -0.1) is 0 Å². The smallest absolute Gasteiger partial charge is 0.279 e. The van der Waals surface area contributed by atoms with Crippen LogP contribution in [0.1, 0.15) is 39.5 Å². The first-order chi connectivity index (χ1) is 12.9. The van der Waals surface area contributed by atoms with E-state index in [1.807, 2.05) is 39.0 Å². The van der Waals surface area contributed by atoms with Crippen molar-refractivity contribution in [3.63, 3.8) is 0 Å². The minimum atomic E-state index is -0.192. The molecule has 0 radical (unpaired) electrons. The number of fused-ring (bicyclic) bond motifs is 1. The molecule has 0 bridgehead atoms. The average Bonchev–Trinajstić information content (AvgIpc) is 2.95. The van der Waals surface area contributed by atoms with Crippen molar-refractivity contribution in [3.8, 4) is 0 Å². The summed E-state index contributed by atoms with van der Waals surface area (Å²) < 4.78 is 8.83. The predicted octanol–water partition coefficient (Wildman–Crippen LogP) is 4.71. The van der Waals surface area contributed by atoms with Crippen molar-refractivity contribution in [3.05, 3.63) is 63.0 Å². The van der Waals surface area contributed by atoms with E-state index in [0.29, 0.717) is 25.3 Å². The highest BCUT2D eigenvalue weighted by atomic mass is 32.1. The topological polar surface area (TPSA) is 43.6 Å². The number of thiazole rings is 1. The van der Waals surface area contributed by atoms with Crippen molar-refractivity contribution in [1.82, 2.24) is 4.57 Å². The van der Waals surface area contributed by atoms with Gasteiger partial charge in [-0.2, -0.15) is 4.99 Å². The van der Waals surface area contributed by atoms with Crippen molar-refractivity contribution >= 4 is 27.5 Å². The fourth-order valence-electron chi connectivity index (χ4n) is 3.23. The Morgan fingerprint density at radius 2 is 1.85 bits per heavy atom. The average molecular weight is 383 g/mol. The summed E-state index contributed by atoms with van der Waals surface area (Å²) in [5.41, 5.74) is 6.20. The Morgan fingerprint density at radius 3 is 2.59 bits per heavy atom. The van der Waals surface area contributed by atoms with E-state index in [0.717, 1.165) is 21.4 Å². The molecule has 2 aromatic carbocycles. The number of ether oxygens (including phenoxy) is 1. The first kappa shape index (κ1) is 19.5. The van der Waals surface area contributed by atoms with Crippen LogP contribution in [0.5, 0.6) is 0 Å². The molecule has 0 saturated heterocycles. The van der Waals surface area contributed by atoms with E-state index in [9.17, 15) is 4.79 Å². The summed E-state index contributed by atoms with van der Waals surface area (Å²) in [6.07, 6.45) is 0. The highest BCUT2D eigenvalue weighted by Gasteiger charge is 2.13. The van der Waals surface area contributed by atoms with E-state index in [-0.39, 0.29) is 5.91 Å². The molecule has 142 valence electrons. The minimum absolute atomic E-state index is 0.192. The van der Waals surface area contributed by atoms with Crippen LogP contribution in [0.4, 0.5) is 0 Å². The second-order valence-electron chi connectivity index (χ2n) is 6.90. The molecule has 3 aromatic rings. The Kier molecular flexibility index (Phi) is 5.92. The zero-order chi connectivity index (χ0) is 19.6. The van der Waals surface area contributed by atoms with Crippen LogP contribution >= 0.6 is 11.3 Å². The number of aryl methyl sites for hydroxylation is 4. The van der Waals surface area contributed by atoms with Gasteiger partial charge in [0.15, 0.2) is 4.80 Å². The van der Waals surface area contributed by atoms with Crippen LogP contribution in [-0.2, 0) is 11.3 Å². The van der Waals surface area contributed by atoms with Crippen LogP contribution in [0, 0.1) is 27.7 Å². The van der Waals surface area contributed by atoms with E-state index in [2.05, 4.69) is 35.5 Å². The first-order valence-corrected chi connectivity index (χ1v) is 10.1. The van der Waals surface area contributed by atoms with Crippen LogP contribution < -0.4 is 4.80 Å². The summed E-state index contributed by atoms with van der Waals surface area (Å²) in [5, 5.41) is 0. The first-order valence-electron chi connectivity index (χ1n) is 9.25. The minimum Gasteiger partial charge on any atom is -0.380 e. The molecule has 27 heavy (non-hydrogen) atoms. The van der Waals surface area contributed by atoms with Gasteiger partial charge in [-0.1, -0.05) is 35.1 Å². The molecule has 1 aromatic heterocycles. The van der Waals surface area contributed by atoms with Gasteiger partial charge in [0.1, 0.15) is 0 Å². The lowest BCUT2D eigenvalue weighted by atomic mass is 10.1. The van der Waals surface area contributed by atoms with Gasteiger partial charge in [0.05, 0.1) is 16.8 Å². The lowest BCUT2D eigenvalue weighted by molar-refractivity contribution is 0.0996. The van der Waals surface area contributed by atoms with Crippen LogP contribution in [-0.4, -0.2) is 23.7 Å². The maximum atomic E-state index is 12.9. The van der Waals surface area contributed by atoms with E-state index in [4.69, 9.17) is 4.74 Å². The highest BCUT2D eigenvalue weighted by Crippen LogP contribution is 2.23. The molecule has 0 unspecified atom stereocenters. The molecule has 0 atom stereocenters. The number of hydrogen-bond donors (Lipinski definition) is 0. The van der Waals surface area contributed by atoms with E-state index in [1.165, 1.54) is 15.8 Å². The summed E-state index contributed by atoms with van der Waals surface area (Å²) in [6.45, 7) is 12.1. The van der Waals surface area contributed by atoms with Crippen LogP contribution in [0.2, 0.25) is 0 Å². The van der Waals surface area contributed by atoms with Gasteiger partial charge >= 0.3 is 0 Å². The monoisotopic (exact) mass is 382 g/mol. The summed E-state index contributed by atoms with van der Waals surface area (Å²) in [6, 6.07) is 10.2. The number of nitrogens with zero attached hydrogens (tertiary/aromatic N) is 2. The fraction of sp³-hybridized carbons (Fsp3) is 0.364. The molecule has 0 aliphatic heterocycles. The Morgan fingerprint density at radius 1 is 1.07 bits per heavy atom. The van der Waals surface area contributed by atoms with E-state index >= 15 is 0 Å². The SMILES string of the molecule is CCOCCn1c(=NC(=O)c2cc(C)ccc2C)sc2c(C)cc(C)cc21. The molecular weight excluding hydrogens is 356 g/mol. The van der Waals surface area contributed by atoms with Gasteiger partial charge in [0.25, 0.3) is 5.91 Å². The molecule has 0 saturated carbocycles. The Hall–Kier alpha value is -2.24. The largest absolute Gasteiger partial charge is 0.380 e. The molecule has 0 aliphatic rings. The molecular formula is C22H26N2O2S. The maximum absolute atomic E-state index is 12.9. The Bertz CT molecular complexity index is 1060. The standard InChI is InChI=1S/C22H26N2O2S/c1-6-26-10-9-24-19-13-15(3)11-17(5)20(19)27-22(24)23-21(25)18-12-14(2)7-8-16(18)4/h7-8,11-13H,6,9-10H2,1-5H3. The van der Waals surface area contributed by atoms with Crippen molar-refractivity contribution in [1.29, 1.82) is 0 Å². The molecule has 0 aliphatic carbocycles. The fourth-order valence-corrected chi connectivity index (χ4v) is 4.33. The van der Waals surface area contributed by atoms with E-state index < -0.39 is 0 Å². The summed E-state index contributed by atoms with van der Waals surface area (Å²) in [7, 11) is 0. The van der Waals surface area contributed by atoms with E-state index in [1.54, 1.807) is 11.3 Å². The third kappa shape index (κ3) is 4.20. The summed E-state index contributed by atoms with van der Waals surface area (Å²) in [5.74, 6) is -0.192. The van der Waals surface area contributed by atoms with Gasteiger partial charge in [-0.25, -0.2) is 0 Å². The van der Waals surface area contributed by atoms with Crippen LogP contribution in [0.15, 0.2) is 35.3 Å². The number of carbonyl (C=O) groups excluding carboxylic acids is 1. The number of aromatic nitrogens is 1. The Labute approximate surface area is 164 Å². The third-order valence-electron chi connectivity index (χ3n) is 4.60. The van der Waals surface area contributed by atoms with Gasteiger partial charge in [0.2, 0.25) is 0 Å². The summed E-state index contributed by atoms with van der Waals surface area (Å²) in [4.78, 5) is 18.1.